The molecule has 1 heterocycles. The maximum Gasteiger partial charge on any atom is 0.325 e. The molecule has 2 unspecified atom stereocenters. The van der Waals surface area contributed by atoms with Crippen LogP contribution in [0, 0.1) is 17.6 Å². The van der Waals surface area contributed by atoms with Gasteiger partial charge in [0, 0.05) is 11.8 Å². The number of anilines is 1. The van der Waals surface area contributed by atoms with Crippen LogP contribution in [0.1, 0.15) is 32.6 Å². The number of halogens is 2. The molecule has 1 saturated carbocycles. The van der Waals surface area contributed by atoms with Crippen molar-refractivity contribution in [2.45, 2.75) is 38.1 Å². The van der Waals surface area contributed by atoms with Gasteiger partial charge in [0.1, 0.15) is 12.1 Å². The number of amides is 4. The van der Waals surface area contributed by atoms with Crippen molar-refractivity contribution in [2.75, 3.05) is 11.9 Å². The maximum atomic E-state index is 13.2. The van der Waals surface area contributed by atoms with E-state index in [4.69, 9.17) is 0 Å². The molecule has 0 aromatic heterocycles. The molecule has 1 aromatic rings. The number of carbonyl (C=O) groups excluding carboxylic acids is 3. The Morgan fingerprint density at radius 1 is 1.32 bits per heavy atom. The summed E-state index contributed by atoms with van der Waals surface area (Å²) in [7, 11) is 0. The molecule has 3 rings (SSSR count). The average molecular weight is 351 g/mol. The van der Waals surface area contributed by atoms with Gasteiger partial charge in [-0.05, 0) is 30.9 Å². The molecule has 25 heavy (non-hydrogen) atoms. The topological polar surface area (TPSA) is 78.5 Å². The van der Waals surface area contributed by atoms with Crippen LogP contribution in [0.3, 0.4) is 0 Å². The lowest BCUT2D eigenvalue weighted by Crippen LogP contribution is -2.54. The van der Waals surface area contributed by atoms with Crippen LogP contribution in [0.2, 0.25) is 0 Å². The molecule has 0 radical (unpaired) electrons. The predicted molar refractivity (Wildman–Crippen MR) is 85.6 cm³/mol. The lowest BCUT2D eigenvalue weighted by molar-refractivity contribution is -0.136. The third-order valence-corrected chi connectivity index (χ3v) is 5.01. The number of carbonyl (C=O) groups is 3. The molecule has 1 aliphatic carbocycles. The normalized spacial score (nSPS) is 26.0. The van der Waals surface area contributed by atoms with Gasteiger partial charge in [-0.15, -0.1) is 0 Å². The molecule has 1 aromatic carbocycles. The number of benzene rings is 1. The molecule has 2 atom stereocenters. The van der Waals surface area contributed by atoms with Crippen molar-refractivity contribution in [3.8, 4) is 0 Å². The number of urea groups is 1. The van der Waals surface area contributed by atoms with Crippen LogP contribution in [0.5, 0.6) is 0 Å². The van der Waals surface area contributed by atoms with Gasteiger partial charge in [0.2, 0.25) is 5.91 Å². The first-order valence-corrected chi connectivity index (χ1v) is 8.22. The van der Waals surface area contributed by atoms with E-state index in [1.165, 1.54) is 6.07 Å². The first-order valence-electron chi connectivity index (χ1n) is 8.22. The van der Waals surface area contributed by atoms with Gasteiger partial charge in [0.25, 0.3) is 5.91 Å². The van der Waals surface area contributed by atoms with Crippen LogP contribution in [-0.2, 0) is 9.59 Å². The molecule has 134 valence electrons. The Labute approximate surface area is 143 Å². The molecule has 1 saturated heterocycles. The monoisotopic (exact) mass is 351 g/mol. The van der Waals surface area contributed by atoms with Crippen LogP contribution in [0.15, 0.2) is 18.2 Å². The fourth-order valence-corrected chi connectivity index (χ4v) is 3.56. The molecule has 2 N–H and O–H groups in total. The first-order chi connectivity index (χ1) is 11.8. The number of nitrogens with one attached hydrogen (secondary N) is 2. The molecule has 1 spiro atoms. The zero-order valence-corrected chi connectivity index (χ0v) is 13.8. The van der Waals surface area contributed by atoms with E-state index >= 15 is 0 Å². The van der Waals surface area contributed by atoms with Crippen molar-refractivity contribution in [1.82, 2.24) is 10.2 Å². The minimum Gasteiger partial charge on any atom is -0.324 e. The van der Waals surface area contributed by atoms with Crippen LogP contribution in [0.4, 0.5) is 19.3 Å². The van der Waals surface area contributed by atoms with Crippen molar-refractivity contribution in [3.05, 3.63) is 29.8 Å². The van der Waals surface area contributed by atoms with E-state index in [1.807, 2.05) is 6.92 Å². The summed E-state index contributed by atoms with van der Waals surface area (Å²) in [4.78, 5) is 37.9. The third-order valence-electron chi connectivity index (χ3n) is 5.01. The lowest BCUT2D eigenvalue weighted by Gasteiger charge is -2.36. The second-order valence-corrected chi connectivity index (χ2v) is 6.62. The molecule has 4 amide bonds. The highest BCUT2D eigenvalue weighted by molar-refractivity contribution is 6.10. The highest BCUT2D eigenvalue weighted by Crippen LogP contribution is 2.38. The number of hydrogen-bond donors (Lipinski definition) is 2. The number of rotatable bonds is 3. The molecular formula is C17H19F2N3O3. The minimum atomic E-state index is -1.09. The van der Waals surface area contributed by atoms with Crippen molar-refractivity contribution in [3.63, 3.8) is 0 Å². The predicted octanol–water partition coefficient (Wildman–Crippen LogP) is 2.40. The van der Waals surface area contributed by atoms with Crippen molar-refractivity contribution in [1.29, 1.82) is 0 Å². The van der Waals surface area contributed by atoms with Crippen LogP contribution < -0.4 is 10.6 Å². The minimum absolute atomic E-state index is 0.00282. The van der Waals surface area contributed by atoms with Crippen molar-refractivity contribution >= 4 is 23.5 Å². The van der Waals surface area contributed by atoms with E-state index in [1.54, 1.807) is 0 Å². The largest absolute Gasteiger partial charge is 0.325 e. The molecule has 8 heteroatoms. The second kappa shape index (κ2) is 6.42. The molecule has 0 bridgehead atoms. The second-order valence-electron chi connectivity index (χ2n) is 6.62. The van der Waals surface area contributed by atoms with Gasteiger partial charge in [-0.25, -0.2) is 13.6 Å². The summed E-state index contributed by atoms with van der Waals surface area (Å²) < 4.78 is 26.1. The summed E-state index contributed by atoms with van der Waals surface area (Å²) >= 11 is 0. The SMILES string of the molecule is CC1CCCCC12NC(=O)N(CC(=O)Nc1ccc(F)c(F)c1)C2=O. The number of hydrogen-bond acceptors (Lipinski definition) is 3. The molecule has 2 fully saturated rings. The Hall–Kier alpha value is -2.51. The van der Waals surface area contributed by atoms with E-state index in [-0.39, 0.29) is 11.6 Å². The van der Waals surface area contributed by atoms with Crippen LogP contribution in [-0.4, -0.2) is 34.8 Å². The van der Waals surface area contributed by atoms with E-state index in [9.17, 15) is 23.2 Å². The summed E-state index contributed by atoms with van der Waals surface area (Å²) in [6, 6.07) is 2.33. The van der Waals surface area contributed by atoms with Gasteiger partial charge >= 0.3 is 6.03 Å². The van der Waals surface area contributed by atoms with Crippen molar-refractivity contribution in [2.24, 2.45) is 5.92 Å². The Morgan fingerprint density at radius 3 is 2.76 bits per heavy atom. The Kier molecular flexibility index (Phi) is 4.45. The summed E-state index contributed by atoms with van der Waals surface area (Å²) in [5.74, 6) is -3.18. The summed E-state index contributed by atoms with van der Waals surface area (Å²) in [5, 5.41) is 5.11. The van der Waals surface area contributed by atoms with E-state index in [0.717, 1.165) is 36.3 Å². The molecule has 2 aliphatic rings. The van der Waals surface area contributed by atoms with Gasteiger partial charge in [0.05, 0.1) is 0 Å². The summed E-state index contributed by atoms with van der Waals surface area (Å²) in [6.45, 7) is 1.44. The summed E-state index contributed by atoms with van der Waals surface area (Å²) in [6.07, 6.45) is 3.23. The smallest absolute Gasteiger partial charge is 0.324 e. The van der Waals surface area contributed by atoms with Gasteiger partial charge in [-0.1, -0.05) is 19.8 Å². The Balaban J connectivity index is 1.69. The Morgan fingerprint density at radius 2 is 2.08 bits per heavy atom. The van der Waals surface area contributed by atoms with Gasteiger partial charge < -0.3 is 10.6 Å². The fourth-order valence-electron chi connectivity index (χ4n) is 3.56. The Bertz CT molecular complexity index is 740. The van der Waals surface area contributed by atoms with Crippen LogP contribution >= 0.6 is 0 Å². The summed E-state index contributed by atoms with van der Waals surface area (Å²) in [5.41, 5.74) is -0.880. The highest BCUT2D eigenvalue weighted by Gasteiger charge is 2.55. The van der Waals surface area contributed by atoms with Crippen LogP contribution in [0.25, 0.3) is 0 Å². The van der Waals surface area contributed by atoms with Gasteiger partial charge in [-0.2, -0.15) is 0 Å². The zero-order valence-electron chi connectivity index (χ0n) is 13.8. The first kappa shape index (κ1) is 17.3. The quantitative estimate of drug-likeness (QED) is 0.821. The third kappa shape index (κ3) is 3.08. The number of imide groups is 1. The standard InChI is InChI=1S/C17H19F2N3O3/c1-10-4-2-3-7-17(10)15(24)22(16(25)21-17)9-14(23)20-11-5-6-12(18)13(19)8-11/h5-6,8,10H,2-4,7,9H2,1H3,(H,20,23)(H,21,25). The fraction of sp³-hybridized carbons (Fsp3) is 0.471. The van der Waals surface area contributed by atoms with Gasteiger partial charge in [0.15, 0.2) is 11.6 Å². The average Bonchev–Trinajstić information content (AvgIpc) is 2.79. The molecule has 1 aliphatic heterocycles. The number of nitrogens with zero attached hydrogens (tertiary/aromatic N) is 1. The molecular weight excluding hydrogens is 332 g/mol. The van der Waals surface area contributed by atoms with Gasteiger partial charge in [-0.3, -0.25) is 14.5 Å². The molecule has 6 nitrogen and oxygen atoms in total. The van der Waals surface area contributed by atoms with E-state index in [2.05, 4.69) is 10.6 Å². The maximum absolute atomic E-state index is 13.2. The lowest BCUT2D eigenvalue weighted by atomic mass is 9.73. The van der Waals surface area contributed by atoms with E-state index < -0.39 is 41.6 Å². The van der Waals surface area contributed by atoms with Crippen molar-refractivity contribution < 1.29 is 23.2 Å². The highest BCUT2D eigenvalue weighted by atomic mass is 19.2. The zero-order chi connectivity index (χ0) is 18.2. The van der Waals surface area contributed by atoms with E-state index in [0.29, 0.717) is 6.42 Å².